The van der Waals surface area contributed by atoms with E-state index in [1.165, 1.54) is 0 Å². The van der Waals surface area contributed by atoms with Gasteiger partial charge < -0.3 is 19.3 Å². The summed E-state index contributed by atoms with van der Waals surface area (Å²) in [6.07, 6.45) is -0.656. The Morgan fingerprint density at radius 1 is 1.11 bits per heavy atom. The molecule has 0 spiro atoms. The normalized spacial score (nSPS) is 17.0. The van der Waals surface area contributed by atoms with Crippen molar-refractivity contribution in [3.63, 3.8) is 0 Å². The van der Waals surface area contributed by atoms with E-state index < -0.39 is 12.4 Å². The molecule has 1 unspecified atom stereocenters. The highest BCUT2D eigenvalue weighted by Crippen LogP contribution is 2.34. The van der Waals surface area contributed by atoms with Crippen LogP contribution in [0.4, 0.5) is 16.2 Å². The van der Waals surface area contributed by atoms with Gasteiger partial charge in [-0.3, -0.25) is 4.79 Å². The minimum absolute atomic E-state index is 0.0148. The molecule has 0 saturated carbocycles. The first-order chi connectivity index (χ1) is 17.0. The average Bonchev–Trinajstić information content (AvgIpc) is 3.09. The Labute approximate surface area is 216 Å². The molecule has 0 bridgehead atoms. The van der Waals surface area contributed by atoms with E-state index in [-0.39, 0.29) is 17.8 Å². The number of para-hydroxylation sites is 2. The lowest BCUT2D eigenvalue weighted by molar-refractivity contribution is -0.165. The van der Waals surface area contributed by atoms with Crippen LogP contribution in [0, 0.1) is 12.3 Å². The van der Waals surface area contributed by atoms with Crippen LogP contribution >= 0.6 is 11.3 Å². The van der Waals surface area contributed by atoms with Crippen LogP contribution in [0.25, 0.3) is 5.82 Å². The third-order valence-electron chi connectivity index (χ3n) is 6.26. The molecular formula is C27H36N4O4S. The molecule has 2 aliphatic heterocycles. The summed E-state index contributed by atoms with van der Waals surface area (Å²) in [5.74, 6) is 0.378. The lowest BCUT2D eigenvalue weighted by atomic mass is 9.91. The average molecular weight is 513 g/mol. The lowest BCUT2D eigenvalue weighted by Gasteiger charge is -2.39. The van der Waals surface area contributed by atoms with Gasteiger partial charge in [0.1, 0.15) is 10.5 Å². The largest absolute Gasteiger partial charge is 0.425 e. The van der Waals surface area contributed by atoms with Crippen LogP contribution in [-0.2, 0) is 14.3 Å². The number of fused-ring (bicyclic) bond motifs is 2. The van der Waals surface area contributed by atoms with Gasteiger partial charge >= 0.3 is 12.1 Å². The molecule has 194 valence electrons. The number of likely N-dealkylation sites (N-methyl/N-ethyl adjacent to an activating group) is 1. The molecule has 2 aliphatic rings. The molecule has 1 atom stereocenters. The molecule has 1 fully saturated rings. The first kappa shape index (κ1) is 26.2. The third kappa shape index (κ3) is 6.07. The van der Waals surface area contributed by atoms with Gasteiger partial charge in [0.15, 0.2) is 0 Å². The van der Waals surface area contributed by atoms with Gasteiger partial charge in [0, 0.05) is 44.4 Å². The number of carbonyl (C=O) groups is 2. The molecule has 0 radical (unpaired) electrons. The number of hydrogen-bond acceptors (Lipinski definition) is 8. The van der Waals surface area contributed by atoms with Crippen molar-refractivity contribution < 1.29 is 19.1 Å². The SMILES string of the molecule is Cc1cc2c(s1)=Nc1ccccc1N(C(=O)OC(C)OC(=O)CCC(C)(C)C)C=2N1CCN(C)CC1. The Balaban J connectivity index is 1.68. The molecule has 1 saturated heterocycles. The van der Waals surface area contributed by atoms with Gasteiger partial charge in [0.25, 0.3) is 0 Å². The number of carbonyl (C=O) groups excluding carboxylic acids is 2. The van der Waals surface area contributed by atoms with Gasteiger partial charge in [-0.15, -0.1) is 11.3 Å². The van der Waals surface area contributed by atoms with Crippen LogP contribution in [-0.4, -0.2) is 61.4 Å². The van der Waals surface area contributed by atoms with Crippen molar-refractivity contribution in [1.29, 1.82) is 0 Å². The van der Waals surface area contributed by atoms with Crippen molar-refractivity contribution in [1.82, 2.24) is 9.80 Å². The fourth-order valence-electron chi connectivity index (χ4n) is 4.29. The molecule has 2 aromatic rings. The molecule has 9 heteroatoms. The zero-order valence-corrected chi connectivity index (χ0v) is 22.9. The number of piperazine rings is 1. The van der Waals surface area contributed by atoms with E-state index in [1.54, 1.807) is 23.2 Å². The summed E-state index contributed by atoms with van der Waals surface area (Å²) in [6.45, 7) is 13.1. The van der Waals surface area contributed by atoms with E-state index in [4.69, 9.17) is 14.5 Å². The summed E-state index contributed by atoms with van der Waals surface area (Å²) < 4.78 is 12.0. The third-order valence-corrected chi connectivity index (χ3v) is 7.21. The Hall–Kier alpha value is -2.91. The fraction of sp³-hybridized carbons (Fsp3) is 0.519. The van der Waals surface area contributed by atoms with Crippen LogP contribution in [0.2, 0.25) is 0 Å². The van der Waals surface area contributed by atoms with Crippen LogP contribution in [0.3, 0.4) is 0 Å². The minimum Gasteiger partial charge on any atom is -0.425 e. The Bertz CT molecular complexity index is 1240. The second kappa shape index (κ2) is 10.6. The number of esters is 1. The van der Waals surface area contributed by atoms with Crippen molar-refractivity contribution in [3.8, 4) is 0 Å². The predicted octanol–water partition coefficient (Wildman–Crippen LogP) is 3.99. The van der Waals surface area contributed by atoms with E-state index in [0.717, 1.165) is 46.8 Å². The molecule has 36 heavy (non-hydrogen) atoms. The Kier molecular flexibility index (Phi) is 7.70. The maximum Gasteiger partial charge on any atom is 0.423 e. The minimum atomic E-state index is -1.02. The highest BCUT2D eigenvalue weighted by molar-refractivity contribution is 7.09. The van der Waals surface area contributed by atoms with E-state index in [0.29, 0.717) is 17.8 Å². The molecule has 8 nitrogen and oxygen atoms in total. The van der Waals surface area contributed by atoms with Crippen LogP contribution < -0.4 is 14.8 Å². The summed E-state index contributed by atoms with van der Waals surface area (Å²) >= 11 is 1.61. The summed E-state index contributed by atoms with van der Waals surface area (Å²) in [7, 11) is 2.10. The number of anilines is 1. The number of thiophene rings is 1. The summed E-state index contributed by atoms with van der Waals surface area (Å²) in [6, 6.07) is 9.65. The van der Waals surface area contributed by atoms with Gasteiger partial charge in [0.05, 0.1) is 16.6 Å². The number of rotatable bonds is 5. The molecule has 1 aromatic heterocycles. The number of aryl methyl sites for hydroxylation is 1. The maximum atomic E-state index is 13.8. The van der Waals surface area contributed by atoms with Crippen molar-refractivity contribution in [2.24, 2.45) is 10.4 Å². The smallest absolute Gasteiger partial charge is 0.423 e. The fourth-order valence-corrected chi connectivity index (χ4v) is 5.18. The van der Waals surface area contributed by atoms with E-state index >= 15 is 0 Å². The second-order valence-corrected chi connectivity index (χ2v) is 11.9. The van der Waals surface area contributed by atoms with E-state index in [2.05, 4.69) is 43.7 Å². The molecule has 4 rings (SSSR count). The molecule has 0 N–H and O–H groups in total. The molecule has 0 aliphatic carbocycles. The first-order valence-electron chi connectivity index (χ1n) is 12.4. The number of ether oxygens (including phenoxy) is 2. The van der Waals surface area contributed by atoms with Crippen LogP contribution in [0.5, 0.6) is 0 Å². The zero-order valence-electron chi connectivity index (χ0n) is 22.0. The van der Waals surface area contributed by atoms with Gasteiger partial charge in [-0.2, -0.15) is 0 Å². The summed E-state index contributed by atoms with van der Waals surface area (Å²) in [4.78, 5) is 38.3. The van der Waals surface area contributed by atoms with Crippen molar-refractivity contribution in [2.75, 3.05) is 38.1 Å². The zero-order chi connectivity index (χ0) is 26.0. The highest BCUT2D eigenvalue weighted by Gasteiger charge is 2.33. The maximum absolute atomic E-state index is 13.8. The molecular weight excluding hydrogens is 476 g/mol. The number of nitrogens with zero attached hydrogens (tertiary/aromatic N) is 4. The molecule has 3 heterocycles. The van der Waals surface area contributed by atoms with Crippen LogP contribution in [0.15, 0.2) is 35.3 Å². The standard InChI is InChI=1S/C27H36N4O4S/c1-18-17-20-24(36-18)28-21-9-7-8-10-22(21)31(25(20)30-15-13-29(6)14-16-30)26(33)35-19(2)34-23(32)11-12-27(3,4)5/h7-10,17,19H,11-16H2,1-6H3. The molecule has 1 amide bonds. The molecule has 1 aromatic carbocycles. The van der Waals surface area contributed by atoms with E-state index in [9.17, 15) is 9.59 Å². The monoisotopic (exact) mass is 512 g/mol. The summed E-state index contributed by atoms with van der Waals surface area (Å²) in [5.41, 5.74) is 1.35. The summed E-state index contributed by atoms with van der Waals surface area (Å²) in [5, 5.41) is 0.907. The Morgan fingerprint density at radius 2 is 1.81 bits per heavy atom. The van der Waals surface area contributed by atoms with E-state index in [1.807, 2.05) is 31.2 Å². The van der Waals surface area contributed by atoms with Crippen molar-refractivity contribution >= 4 is 40.6 Å². The first-order valence-corrected chi connectivity index (χ1v) is 13.3. The highest BCUT2D eigenvalue weighted by atomic mass is 32.1. The number of amides is 1. The second-order valence-electron chi connectivity index (χ2n) is 10.6. The van der Waals surface area contributed by atoms with Crippen LogP contribution in [0.1, 0.15) is 45.4 Å². The number of hydrogen-bond donors (Lipinski definition) is 0. The van der Waals surface area contributed by atoms with Crippen molar-refractivity contribution in [2.45, 2.75) is 53.8 Å². The van der Waals surface area contributed by atoms with Gasteiger partial charge in [-0.25, -0.2) is 14.7 Å². The Morgan fingerprint density at radius 3 is 2.50 bits per heavy atom. The van der Waals surface area contributed by atoms with Crippen molar-refractivity contribution in [3.05, 3.63) is 45.1 Å². The topological polar surface area (TPSA) is 74.7 Å². The van der Waals surface area contributed by atoms with Gasteiger partial charge in [0.2, 0.25) is 6.29 Å². The van der Waals surface area contributed by atoms with Gasteiger partial charge in [-0.05, 0) is 44.0 Å². The lowest BCUT2D eigenvalue weighted by Crippen LogP contribution is -2.51. The quantitative estimate of drug-likeness (QED) is 0.446. The predicted molar refractivity (Wildman–Crippen MR) is 142 cm³/mol. The number of benzene rings is 1. The van der Waals surface area contributed by atoms with Gasteiger partial charge in [-0.1, -0.05) is 32.9 Å².